The zero-order chi connectivity index (χ0) is 13.2. The Morgan fingerprint density at radius 2 is 1.67 bits per heavy atom. The van der Waals surface area contributed by atoms with Crippen LogP contribution in [-0.4, -0.2) is 34.1 Å². The number of likely N-dealkylation sites (tertiary alicyclic amines) is 1. The molecular formula is C16H33NSi. The molecule has 0 unspecified atom stereocenters. The molecule has 0 aromatic rings. The molecule has 0 aromatic heterocycles. The summed E-state index contributed by atoms with van der Waals surface area (Å²) in [4.78, 5) is 2.66. The summed E-state index contributed by atoms with van der Waals surface area (Å²) in [5.74, 6) is 0. The lowest BCUT2D eigenvalue weighted by Gasteiger charge is -2.15. The van der Waals surface area contributed by atoms with Crippen molar-refractivity contribution < 1.29 is 0 Å². The van der Waals surface area contributed by atoms with Crippen molar-refractivity contribution in [1.29, 1.82) is 0 Å². The second-order valence-electron chi connectivity index (χ2n) is 5.89. The van der Waals surface area contributed by atoms with Crippen LogP contribution in [0.2, 0.25) is 6.04 Å². The molecule has 1 rings (SSSR count). The van der Waals surface area contributed by atoms with Gasteiger partial charge in [-0.15, -0.1) is 0 Å². The SMILES string of the molecule is CCCC(CCC)=C(C)[SiH2]CCCN1CCCC1. The minimum atomic E-state index is 0.0627. The van der Waals surface area contributed by atoms with E-state index in [1.165, 1.54) is 70.6 Å². The van der Waals surface area contributed by atoms with Gasteiger partial charge in [0, 0.05) is 9.52 Å². The highest BCUT2D eigenvalue weighted by Gasteiger charge is 2.10. The number of nitrogens with zero attached hydrogens (tertiary/aromatic N) is 1. The fraction of sp³-hybridized carbons (Fsp3) is 0.875. The molecule has 0 spiro atoms. The molecule has 1 heterocycles. The third-order valence-corrected chi connectivity index (χ3v) is 6.29. The Kier molecular flexibility index (Phi) is 8.69. The Morgan fingerprint density at radius 3 is 2.22 bits per heavy atom. The van der Waals surface area contributed by atoms with Crippen LogP contribution in [-0.2, 0) is 0 Å². The second-order valence-corrected chi connectivity index (χ2v) is 8.16. The van der Waals surface area contributed by atoms with Crippen molar-refractivity contribution in [3.8, 4) is 0 Å². The number of rotatable bonds is 9. The highest BCUT2D eigenvalue weighted by atomic mass is 28.2. The zero-order valence-electron chi connectivity index (χ0n) is 12.9. The van der Waals surface area contributed by atoms with E-state index in [4.69, 9.17) is 0 Å². The highest BCUT2D eigenvalue weighted by molar-refractivity contribution is 6.45. The lowest BCUT2D eigenvalue weighted by Crippen LogP contribution is -2.20. The van der Waals surface area contributed by atoms with Crippen molar-refractivity contribution in [3.05, 3.63) is 10.8 Å². The van der Waals surface area contributed by atoms with E-state index in [9.17, 15) is 0 Å². The fourth-order valence-electron chi connectivity index (χ4n) is 3.06. The van der Waals surface area contributed by atoms with E-state index in [0.717, 1.165) is 0 Å². The van der Waals surface area contributed by atoms with Gasteiger partial charge in [0.05, 0.1) is 0 Å². The predicted molar refractivity (Wildman–Crippen MR) is 86.2 cm³/mol. The zero-order valence-corrected chi connectivity index (χ0v) is 14.3. The topological polar surface area (TPSA) is 3.24 Å². The van der Waals surface area contributed by atoms with Crippen LogP contribution in [0.4, 0.5) is 0 Å². The monoisotopic (exact) mass is 267 g/mol. The second kappa shape index (κ2) is 9.80. The molecule has 1 saturated heterocycles. The average molecular weight is 268 g/mol. The van der Waals surface area contributed by atoms with Gasteiger partial charge in [0.2, 0.25) is 0 Å². The fourth-order valence-corrected chi connectivity index (χ4v) is 4.77. The maximum Gasteiger partial charge on any atom is 0.0492 e. The maximum absolute atomic E-state index is 2.66. The Balaban J connectivity index is 2.19. The Labute approximate surface area is 117 Å². The third-order valence-electron chi connectivity index (χ3n) is 4.18. The van der Waals surface area contributed by atoms with Gasteiger partial charge in [-0.2, -0.15) is 0 Å². The first kappa shape index (κ1) is 16.0. The Hall–Kier alpha value is -0.0831. The summed E-state index contributed by atoms with van der Waals surface area (Å²) in [5.41, 5.74) is 1.81. The molecule has 106 valence electrons. The first-order valence-electron chi connectivity index (χ1n) is 8.17. The summed E-state index contributed by atoms with van der Waals surface area (Å²) in [6, 6.07) is 1.53. The van der Waals surface area contributed by atoms with Gasteiger partial charge in [-0.25, -0.2) is 0 Å². The highest BCUT2D eigenvalue weighted by Crippen LogP contribution is 2.17. The van der Waals surface area contributed by atoms with E-state index in [-0.39, 0.29) is 9.52 Å². The average Bonchev–Trinajstić information content (AvgIpc) is 2.87. The summed E-state index contributed by atoms with van der Waals surface area (Å²) in [6.45, 7) is 11.2. The van der Waals surface area contributed by atoms with Crippen LogP contribution >= 0.6 is 0 Å². The molecule has 18 heavy (non-hydrogen) atoms. The molecule has 0 amide bonds. The molecule has 0 bridgehead atoms. The standard InChI is InChI=1S/C16H33NSi/c1-4-9-16(10-5-2)15(3)18-14-8-13-17-11-6-7-12-17/h4-14,18H2,1-3H3. The van der Waals surface area contributed by atoms with E-state index >= 15 is 0 Å². The van der Waals surface area contributed by atoms with Gasteiger partial charge in [-0.3, -0.25) is 0 Å². The molecule has 0 saturated carbocycles. The molecule has 0 atom stereocenters. The van der Waals surface area contributed by atoms with Crippen molar-refractivity contribution in [3.63, 3.8) is 0 Å². The van der Waals surface area contributed by atoms with Gasteiger partial charge in [-0.05, 0) is 58.7 Å². The van der Waals surface area contributed by atoms with Crippen molar-refractivity contribution in [2.45, 2.75) is 71.8 Å². The number of hydrogen-bond acceptors (Lipinski definition) is 1. The lowest BCUT2D eigenvalue weighted by molar-refractivity contribution is 0.339. The predicted octanol–water partition coefficient (Wildman–Crippen LogP) is 3.93. The smallest absolute Gasteiger partial charge is 0.0492 e. The van der Waals surface area contributed by atoms with Crippen LogP contribution in [0.25, 0.3) is 0 Å². The van der Waals surface area contributed by atoms with Crippen LogP contribution in [0, 0.1) is 0 Å². The Morgan fingerprint density at radius 1 is 1.06 bits per heavy atom. The van der Waals surface area contributed by atoms with E-state index < -0.39 is 0 Å². The van der Waals surface area contributed by atoms with Crippen molar-refractivity contribution in [1.82, 2.24) is 4.90 Å². The molecule has 2 heteroatoms. The molecule has 1 aliphatic rings. The number of allylic oxidation sites excluding steroid dienone is 2. The van der Waals surface area contributed by atoms with Crippen LogP contribution < -0.4 is 0 Å². The van der Waals surface area contributed by atoms with Gasteiger partial charge >= 0.3 is 0 Å². The molecule has 0 aliphatic carbocycles. The first-order valence-corrected chi connectivity index (χ1v) is 9.88. The normalized spacial score (nSPS) is 16.8. The quantitative estimate of drug-likeness (QED) is 0.452. The van der Waals surface area contributed by atoms with Gasteiger partial charge < -0.3 is 4.90 Å². The van der Waals surface area contributed by atoms with Gasteiger partial charge in [0.25, 0.3) is 0 Å². The molecule has 1 nitrogen and oxygen atoms in total. The minimum Gasteiger partial charge on any atom is -0.303 e. The first-order chi connectivity index (χ1) is 8.77. The van der Waals surface area contributed by atoms with Crippen molar-refractivity contribution in [2.24, 2.45) is 0 Å². The van der Waals surface area contributed by atoms with Crippen molar-refractivity contribution in [2.75, 3.05) is 19.6 Å². The summed E-state index contributed by atoms with van der Waals surface area (Å²) in [6.07, 6.45) is 9.71. The minimum absolute atomic E-state index is 0.0627. The summed E-state index contributed by atoms with van der Waals surface area (Å²) in [7, 11) is 0.0627. The molecule has 0 radical (unpaired) electrons. The molecule has 1 aliphatic heterocycles. The summed E-state index contributed by atoms with van der Waals surface area (Å²) >= 11 is 0. The molecule has 0 aromatic carbocycles. The molecular weight excluding hydrogens is 234 g/mol. The van der Waals surface area contributed by atoms with Crippen LogP contribution in [0.5, 0.6) is 0 Å². The van der Waals surface area contributed by atoms with Gasteiger partial charge in [-0.1, -0.05) is 43.5 Å². The van der Waals surface area contributed by atoms with E-state index in [1.54, 1.807) is 0 Å². The van der Waals surface area contributed by atoms with Crippen molar-refractivity contribution >= 4 is 9.52 Å². The van der Waals surface area contributed by atoms with Crippen LogP contribution in [0.15, 0.2) is 10.8 Å². The van der Waals surface area contributed by atoms with E-state index in [1.807, 2.05) is 10.8 Å². The third kappa shape index (κ3) is 6.19. The van der Waals surface area contributed by atoms with E-state index in [0.29, 0.717) is 0 Å². The maximum atomic E-state index is 2.66. The molecule has 1 fully saturated rings. The van der Waals surface area contributed by atoms with E-state index in [2.05, 4.69) is 25.7 Å². The summed E-state index contributed by atoms with van der Waals surface area (Å²) < 4.78 is 0. The lowest BCUT2D eigenvalue weighted by atomic mass is 10.1. The van der Waals surface area contributed by atoms with Gasteiger partial charge in [0.15, 0.2) is 0 Å². The van der Waals surface area contributed by atoms with Crippen LogP contribution in [0.3, 0.4) is 0 Å². The molecule has 0 N–H and O–H groups in total. The van der Waals surface area contributed by atoms with Crippen LogP contribution in [0.1, 0.15) is 65.7 Å². The number of hydrogen-bond donors (Lipinski definition) is 0. The largest absolute Gasteiger partial charge is 0.303 e. The Bertz CT molecular complexity index is 233. The van der Waals surface area contributed by atoms with Gasteiger partial charge in [0.1, 0.15) is 0 Å². The summed E-state index contributed by atoms with van der Waals surface area (Å²) in [5, 5.41) is 1.83.